The maximum Gasteiger partial charge on any atom is 0.194 e. The molecule has 1 aliphatic rings. The van der Waals surface area contributed by atoms with Crippen LogP contribution < -0.4 is 5.32 Å². The molecule has 5 nitrogen and oxygen atoms in total. The lowest BCUT2D eigenvalue weighted by Gasteiger charge is -2.08. The molecule has 0 bridgehead atoms. The highest BCUT2D eigenvalue weighted by molar-refractivity contribution is 5.86. The molecule has 90 valence electrons. The highest BCUT2D eigenvalue weighted by Gasteiger charge is 2.27. The van der Waals surface area contributed by atoms with E-state index in [1.807, 2.05) is 7.05 Å². The summed E-state index contributed by atoms with van der Waals surface area (Å²) in [7, 11) is 1.82. The summed E-state index contributed by atoms with van der Waals surface area (Å²) in [6, 6.07) is 0. The molecule has 3 heterocycles. The van der Waals surface area contributed by atoms with Crippen molar-refractivity contribution in [3.8, 4) is 0 Å². The van der Waals surface area contributed by atoms with Crippen LogP contribution in [0, 0.1) is 0 Å². The Morgan fingerprint density at radius 2 is 2.24 bits per heavy atom. The number of aromatic nitrogens is 2. The Labute approximate surface area is 99.2 Å². The summed E-state index contributed by atoms with van der Waals surface area (Å²) in [4.78, 5) is 8.42. The summed E-state index contributed by atoms with van der Waals surface area (Å²) < 4.78 is 11.4. The maximum atomic E-state index is 5.85. The summed E-state index contributed by atoms with van der Waals surface area (Å²) in [5.74, 6) is 0.715. The number of ether oxygens (including phenoxy) is 1. The number of anilines is 1. The fourth-order valence-electron chi connectivity index (χ4n) is 2.31. The zero-order valence-corrected chi connectivity index (χ0v) is 9.93. The van der Waals surface area contributed by atoms with Gasteiger partial charge in [0.2, 0.25) is 0 Å². The molecule has 0 aliphatic carbocycles. The molecular weight excluding hydrogens is 218 g/mol. The molecule has 2 atom stereocenters. The Balaban J connectivity index is 2.06. The van der Waals surface area contributed by atoms with Crippen LogP contribution in [0.5, 0.6) is 0 Å². The molecule has 0 radical (unpaired) electrons. The highest BCUT2D eigenvalue weighted by atomic mass is 16.5. The summed E-state index contributed by atoms with van der Waals surface area (Å²) >= 11 is 0. The number of rotatable bonds is 2. The third kappa shape index (κ3) is 1.67. The number of nitrogens with one attached hydrogen (secondary N) is 1. The molecule has 17 heavy (non-hydrogen) atoms. The van der Waals surface area contributed by atoms with Gasteiger partial charge in [-0.2, -0.15) is 0 Å². The van der Waals surface area contributed by atoms with E-state index in [1.54, 1.807) is 12.6 Å². The number of fused-ring (bicyclic) bond motifs is 1. The van der Waals surface area contributed by atoms with Crippen LogP contribution in [0.25, 0.3) is 11.1 Å². The Hall–Kier alpha value is -1.62. The van der Waals surface area contributed by atoms with Gasteiger partial charge in [-0.3, -0.25) is 0 Å². The molecule has 0 amide bonds. The maximum absolute atomic E-state index is 5.85. The second-order valence-corrected chi connectivity index (χ2v) is 4.35. The third-order valence-electron chi connectivity index (χ3n) is 3.20. The van der Waals surface area contributed by atoms with E-state index in [0.29, 0.717) is 17.5 Å². The lowest BCUT2D eigenvalue weighted by atomic mass is 10.1. The van der Waals surface area contributed by atoms with Gasteiger partial charge in [0, 0.05) is 12.6 Å². The Morgan fingerprint density at radius 1 is 1.35 bits per heavy atom. The first kappa shape index (κ1) is 10.5. The fraction of sp³-hybridized carbons (Fsp3) is 0.500. The van der Waals surface area contributed by atoms with Crippen LogP contribution in [0.4, 0.5) is 5.82 Å². The quantitative estimate of drug-likeness (QED) is 0.863. The topological polar surface area (TPSA) is 60.2 Å². The third-order valence-corrected chi connectivity index (χ3v) is 3.20. The Bertz CT molecular complexity index is 538. The van der Waals surface area contributed by atoms with Gasteiger partial charge in [0.15, 0.2) is 11.4 Å². The van der Waals surface area contributed by atoms with E-state index in [9.17, 15) is 0 Å². The van der Waals surface area contributed by atoms with Crippen LogP contribution in [0.3, 0.4) is 0 Å². The first-order valence-corrected chi connectivity index (χ1v) is 5.85. The molecule has 0 saturated carbocycles. The van der Waals surface area contributed by atoms with Gasteiger partial charge in [0.05, 0.1) is 18.5 Å². The molecular formula is C12H15N3O2. The monoisotopic (exact) mass is 233 g/mol. The van der Waals surface area contributed by atoms with Crippen molar-refractivity contribution in [2.24, 2.45) is 0 Å². The number of hydrogen-bond donors (Lipinski definition) is 1. The minimum atomic E-state index is 0.103. The molecule has 2 unspecified atom stereocenters. The second-order valence-electron chi connectivity index (χ2n) is 4.35. The van der Waals surface area contributed by atoms with Crippen molar-refractivity contribution in [1.29, 1.82) is 0 Å². The molecule has 1 aliphatic heterocycles. The zero-order chi connectivity index (χ0) is 11.8. The normalized spacial score (nSPS) is 24.4. The van der Waals surface area contributed by atoms with Crippen LogP contribution in [0.2, 0.25) is 0 Å². The van der Waals surface area contributed by atoms with E-state index >= 15 is 0 Å². The molecule has 5 heteroatoms. The van der Waals surface area contributed by atoms with Gasteiger partial charge in [0.1, 0.15) is 11.8 Å². The van der Waals surface area contributed by atoms with Gasteiger partial charge in [0.25, 0.3) is 0 Å². The smallest absolute Gasteiger partial charge is 0.194 e. The standard InChI is InChI=1S/C12H15N3O2/c1-7-3-4-9(17-7)8-5-16-11-10(8)14-6-15-12(11)13-2/h5-7,9H,3-4H2,1-2H3,(H,13,14,15). The van der Waals surface area contributed by atoms with E-state index in [0.717, 1.165) is 23.9 Å². The molecule has 0 spiro atoms. The minimum absolute atomic E-state index is 0.103. The van der Waals surface area contributed by atoms with Crippen LogP contribution in [0.1, 0.15) is 31.4 Å². The van der Waals surface area contributed by atoms with Crippen LogP contribution in [0.15, 0.2) is 17.0 Å². The van der Waals surface area contributed by atoms with Crippen molar-refractivity contribution in [1.82, 2.24) is 9.97 Å². The van der Waals surface area contributed by atoms with Crippen molar-refractivity contribution >= 4 is 16.9 Å². The lowest BCUT2D eigenvalue weighted by Crippen LogP contribution is -2.01. The van der Waals surface area contributed by atoms with Crippen LogP contribution in [-0.2, 0) is 4.74 Å². The van der Waals surface area contributed by atoms with E-state index in [2.05, 4.69) is 22.2 Å². The van der Waals surface area contributed by atoms with Crippen molar-refractivity contribution in [3.63, 3.8) is 0 Å². The molecule has 1 N–H and O–H groups in total. The van der Waals surface area contributed by atoms with Gasteiger partial charge in [-0.25, -0.2) is 9.97 Å². The largest absolute Gasteiger partial charge is 0.458 e. The van der Waals surface area contributed by atoms with Gasteiger partial charge in [-0.1, -0.05) is 0 Å². The van der Waals surface area contributed by atoms with Crippen molar-refractivity contribution in [3.05, 3.63) is 18.2 Å². The number of furan rings is 1. The Morgan fingerprint density at radius 3 is 2.94 bits per heavy atom. The number of hydrogen-bond acceptors (Lipinski definition) is 5. The molecule has 3 rings (SSSR count). The van der Waals surface area contributed by atoms with Gasteiger partial charge in [-0.15, -0.1) is 0 Å². The second kappa shape index (κ2) is 4.00. The van der Waals surface area contributed by atoms with Crippen molar-refractivity contribution in [2.75, 3.05) is 12.4 Å². The first-order valence-electron chi connectivity index (χ1n) is 5.85. The van der Waals surface area contributed by atoms with Gasteiger partial charge in [-0.05, 0) is 19.8 Å². The van der Waals surface area contributed by atoms with E-state index in [-0.39, 0.29) is 6.10 Å². The van der Waals surface area contributed by atoms with E-state index in [1.165, 1.54) is 0 Å². The summed E-state index contributed by atoms with van der Waals surface area (Å²) in [6.07, 6.45) is 5.81. The van der Waals surface area contributed by atoms with E-state index < -0.39 is 0 Å². The predicted molar refractivity (Wildman–Crippen MR) is 63.9 cm³/mol. The molecule has 0 aromatic carbocycles. The average molecular weight is 233 g/mol. The summed E-state index contributed by atoms with van der Waals surface area (Å²) in [5, 5.41) is 3.00. The minimum Gasteiger partial charge on any atom is -0.458 e. The van der Waals surface area contributed by atoms with Crippen molar-refractivity contribution < 1.29 is 9.15 Å². The van der Waals surface area contributed by atoms with Crippen LogP contribution >= 0.6 is 0 Å². The van der Waals surface area contributed by atoms with Gasteiger partial charge < -0.3 is 14.5 Å². The van der Waals surface area contributed by atoms with E-state index in [4.69, 9.17) is 9.15 Å². The average Bonchev–Trinajstić information content (AvgIpc) is 2.94. The lowest BCUT2D eigenvalue weighted by molar-refractivity contribution is 0.0558. The van der Waals surface area contributed by atoms with Crippen LogP contribution in [-0.4, -0.2) is 23.1 Å². The summed E-state index contributed by atoms with van der Waals surface area (Å²) in [6.45, 7) is 2.09. The SMILES string of the molecule is CNc1ncnc2c(C3CCC(C)O3)coc12. The molecule has 2 aromatic rings. The van der Waals surface area contributed by atoms with Gasteiger partial charge >= 0.3 is 0 Å². The Kier molecular flexibility index (Phi) is 2.48. The predicted octanol–water partition coefficient (Wildman–Crippen LogP) is 2.50. The molecule has 1 fully saturated rings. The fourth-order valence-corrected chi connectivity index (χ4v) is 2.31. The molecule has 2 aromatic heterocycles. The highest BCUT2D eigenvalue weighted by Crippen LogP contribution is 2.37. The zero-order valence-electron chi connectivity index (χ0n) is 9.93. The molecule has 1 saturated heterocycles. The first-order chi connectivity index (χ1) is 8.29. The summed E-state index contributed by atoms with van der Waals surface area (Å²) in [5.41, 5.74) is 2.58. The number of nitrogens with zero attached hydrogens (tertiary/aromatic N) is 2. The van der Waals surface area contributed by atoms with Crippen molar-refractivity contribution in [2.45, 2.75) is 32.0 Å².